The van der Waals surface area contributed by atoms with Gasteiger partial charge in [-0.2, -0.15) is 4.89 Å². The van der Waals surface area contributed by atoms with Gasteiger partial charge in [0, 0.05) is 0 Å². The van der Waals surface area contributed by atoms with Crippen molar-refractivity contribution in [3.8, 4) is 0 Å². The third-order valence-corrected chi connectivity index (χ3v) is 1.63. The zero-order chi connectivity index (χ0) is 15.1. The van der Waals surface area contributed by atoms with E-state index in [1.54, 1.807) is 20.8 Å². The second-order valence-electron chi connectivity index (χ2n) is 6.24. The van der Waals surface area contributed by atoms with Crippen molar-refractivity contribution in [2.24, 2.45) is 0 Å². The van der Waals surface area contributed by atoms with Crippen molar-refractivity contribution in [3.05, 3.63) is 0 Å². The van der Waals surface area contributed by atoms with Crippen LogP contribution in [0.1, 0.15) is 61.3 Å². The van der Waals surface area contributed by atoms with Crippen molar-refractivity contribution < 1.29 is 29.4 Å². The van der Waals surface area contributed by atoms with Gasteiger partial charge in [-0.1, -0.05) is 13.3 Å². The highest BCUT2D eigenvalue weighted by Crippen LogP contribution is 2.14. The molecule has 0 bridgehead atoms. The first-order valence-corrected chi connectivity index (χ1v) is 6.46. The molecule has 1 atom stereocenters. The zero-order valence-corrected chi connectivity index (χ0v) is 12.9. The summed E-state index contributed by atoms with van der Waals surface area (Å²) in [5, 5.41) is 4.43. The average molecular weight is 278 g/mol. The zero-order valence-electron chi connectivity index (χ0n) is 12.9. The Balaban J connectivity index is 4.18. The van der Waals surface area contributed by atoms with Gasteiger partial charge in [-0.25, -0.2) is 14.6 Å². The summed E-state index contributed by atoms with van der Waals surface area (Å²) in [5.41, 5.74) is -1.07. The monoisotopic (exact) mass is 278 g/mol. The molecule has 0 heterocycles. The molecule has 0 aliphatic carbocycles. The number of hydrogen-bond donors (Lipinski definition) is 0. The summed E-state index contributed by atoms with van der Waals surface area (Å²) in [5.74, 6) is -0.685. The van der Waals surface area contributed by atoms with Gasteiger partial charge in [0.1, 0.15) is 0 Å². The van der Waals surface area contributed by atoms with Crippen LogP contribution in [-0.2, 0) is 29.4 Å². The van der Waals surface area contributed by atoms with Gasteiger partial charge in [0.05, 0.1) is 11.2 Å². The first kappa shape index (κ1) is 18.3. The molecule has 1 unspecified atom stereocenters. The highest BCUT2D eigenvalue weighted by molar-refractivity contribution is 5.73. The van der Waals surface area contributed by atoms with E-state index in [-0.39, 0.29) is 0 Å². The Hall–Kier alpha value is -0.690. The summed E-state index contributed by atoms with van der Waals surface area (Å²) in [6, 6.07) is 0. The molecule has 6 heteroatoms. The summed E-state index contributed by atoms with van der Waals surface area (Å²) >= 11 is 0. The Morgan fingerprint density at radius 1 is 1.00 bits per heavy atom. The Morgan fingerprint density at radius 3 is 1.95 bits per heavy atom. The Labute approximate surface area is 115 Å². The molecule has 0 aromatic heterocycles. The van der Waals surface area contributed by atoms with Crippen LogP contribution in [0.3, 0.4) is 0 Å². The van der Waals surface area contributed by atoms with Crippen LogP contribution in [-0.4, -0.2) is 23.3 Å². The van der Waals surface area contributed by atoms with Crippen molar-refractivity contribution in [1.82, 2.24) is 0 Å². The molecule has 19 heavy (non-hydrogen) atoms. The number of carbonyl (C=O) groups is 1. The molecule has 0 spiro atoms. The van der Waals surface area contributed by atoms with Gasteiger partial charge in [-0.05, 0) is 53.0 Å². The molecule has 0 N–H and O–H groups in total. The molecular weight excluding hydrogens is 252 g/mol. The fourth-order valence-corrected chi connectivity index (χ4v) is 0.876. The summed E-state index contributed by atoms with van der Waals surface area (Å²) in [6.45, 7) is 12.7. The van der Waals surface area contributed by atoms with Crippen molar-refractivity contribution in [1.29, 1.82) is 0 Å². The normalized spacial score (nSPS) is 14.3. The third-order valence-electron chi connectivity index (χ3n) is 1.63. The van der Waals surface area contributed by atoms with Crippen molar-refractivity contribution >= 4 is 5.97 Å². The third kappa shape index (κ3) is 10.9. The Bertz CT molecular complexity index is 263. The van der Waals surface area contributed by atoms with Gasteiger partial charge in [0.15, 0.2) is 6.10 Å². The molecule has 0 amide bonds. The van der Waals surface area contributed by atoms with E-state index < -0.39 is 23.3 Å². The van der Waals surface area contributed by atoms with Crippen LogP contribution in [0.4, 0.5) is 0 Å². The molecule has 0 aliphatic heterocycles. The van der Waals surface area contributed by atoms with E-state index in [4.69, 9.17) is 14.7 Å². The van der Waals surface area contributed by atoms with Crippen LogP contribution in [0.25, 0.3) is 0 Å². The van der Waals surface area contributed by atoms with E-state index in [2.05, 4.69) is 9.93 Å². The van der Waals surface area contributed by atoms with Crippen LogP contribution >= 0.6 is 0 Å². The lowest BCUT2D eigenvalue weighted by molar-refractivity contribution is -0.518. The van der Waals surface area contributed by atoms with Gasteiger partial charge in [-0.3, -0.25) is 4.89 Å². The quantitative estimate of drug-likeness (QED) is 0.526. The van der Waals surface area contributed by atoms with Gasteiger partial charge >= 0.3 is 5.97 Å². The smallest absolute Gasteiger partial charge is 0.266 e. The maximum Gasteiger partial charge on any atom is 0.377 e. The minimum atomic E-state index is -0.840. The summed E-state index contributed by atoms with van der Waals surface area (Å²) in [4.78, 5) is 31.3. The van der Waals surface area contributed by atoms with Crippen LogP contribution in [0, 0.1) is 0 Å². The fraction of sp³-hybridized carbons (Fsp3) is 0.923. The second kappa shape index (κ2) is 7.79. The maximum absolute atomic E-state index is 11.7. The first-order chi connectivity index (χ1) is 8.55. The van der Waals surface area contributed by atoms with Crippen LogP contribution < -0.4 is 0 Å². The predicted molar refractivity (Wildman–Crippen MR) is 68.6 cm³/mol. The Kier molecular flexibility index (Phi) is 7.51. The van der Waals surface area contributed by atoms with E-state index in [0.717, 1.165) is 6.42 Å². The van der Waals surface area contributed by atoms with E-state index in [0.29, 0.717) is 6.42 Å². The van der Waals surface area contributed by atoms with Crippen molar-refractivity contribution in [2.45, 2.75) is 78.6 Å². The fourth-order valence-electron chi connectivity index (χ4n) is 0.876. The standard InChI is InChI=1S/C13H26O6/c1-8-9-10(15-17-12(2,3)4)11(14)16-19-18-13(5,6)7/h10H,8-9H2,1-7H3. The lowest BCUT2D eigenvalue weighted by Gasteiger charge is -2.22. The molecule has 114 valence electrons. The number of carbonyl (C=O) groups excluding carboxylic acids is 1. The maximum atomic E-state index is 11.7. The highest BCUT2D eigenvalue weighted by atomic mass is 17.5. The molecule has 0 saturated carbocycles. The predicted octanol–water partition coefficient (Wildman–Crippen LogP) is 3.11. The van der Waals surface area contributed by atoms with E-state index in [1.807, 2.05) is 27.7 Å². The van der Waals surface area contributed by atoms with E-state index in [9.17, 15) is 4.79 Å². The van der Waals surface area contributed by atoms with E-state index in [1.165, 1.54) is 0 Å². The lowest BCUT2D eigenvalue weighted by Crippen LogP contribution is -2.32. The summed E-state index contributed by atoms with van der Waals surface area (Å²) < 4.78 is 0. The van der Waals surface area contributed by atoms with Crippen LogP contribution in [0.5, 0.6) is 0 Å². The number of rotatable bonds is 7. The molecule has 0 radical (unpaired) electrons. The van der Waals surface area contributed by atoms with Crippen molar-refractivity contribution in [3.63, 3.8) is 0 Å². The highest BCUT2D eigenvalue weighted by Gasteiger charge is 2.26. The average Bonchev–Trinajstić information content (AvgIpc) is 2.20. The molecule has 0 rings (SSSR count). The minimum Gasteiger partial charge on any atom is -0.266 e. The number of hydrogen-bond acceptors (Lipinski definition) is 6. The van der Waals surface area contributed by atoms with Crippen LogP contribution in [0.15, 0.2) is 0 Å². The molecule has 6 nitrogen and oxygen atoms in total. The van der Waals surface area contributed by atoms with E-state index >= 15 is 0 Å². The van der Waals surface area contributed by atoms with Crippen molar-refractivity contribution in [2.75, 3.05) is 0 Å². The molecular formula is C13H26O6. The SMILES string of the molecule is CCCC(OOC(C)(C)C)C(=O)OOOC(C)(C)C. The molecule has 0 aliphatic rings. The first-order valence-electron chi connectivity index (χ1n) is 6.46. The molecule has 0 saturated heterocycles. The molecule has 0 fully saturated rings. The summed E-state index contributed by atoms with van der Waals surface area (Å²) in [7, 11) is 0. The topological polar surface area (TPSA) is 63.2 Å². The van der Waals surface area contributed by atoms with Gasteiger partial charge in [-0.15, -0.1) is 0 Å². The molecule has 0 aromatic rings. The van der Waals surface area contributed by atoms with Gasteiger partial charge < -0.3 is 0 Å². The van der Waals surface area contributed by atoms with Gasteiger partial charge in [0.2, 0.25) is 0 Å². The Morgan fingerprint density at radius 2 is 1.53 bits per heavy atom. The second-order valence-corrected chi connectivity index (χ2v) is 6.24. The summed E-state index contributed by atoms with van der Waals surface area (Å²) in [6.07, 6.45) is 0.370. The largest absolute Gasteiger partial charge is 0.377 e. The lowest BCUT2D eigenvalue weighted by atomic mass is 10.2. The molecule has 0 aromatic carbocycles. The minimum absolute atomic E-state index is 0.466. The van der Waals surface area contributed by atoms with Crippen LogP contribution in [0.2, 0.25) is 0 Å². The van der Waals surface area contributed by atoms with Gasteiger partial charge in [0.25, 0.3) is 0 Å².